The molecule has 6 heterocycles. The molecule has 0 radical (unpaired) electrons. The molecule has 15 heteroatoms. The molecule has 50 heavy (non-hydrogen) atoms. The van der Waals surface area contributed by atoms with Crippen LogP contribution in [0.1, 0.15) is 43.4 Å². The van der Waals surface area contributed by atoms with E-state index >= 15 is 4.39 Å². The fourth-order valence-corrected chi connectivity index (χ4v) is 8.99. The zero-order valence-corrected chi connectivity index (χ0v) is 28.3. The largest absolute Gasteiger partial charge is 0.489 e. The number of hydrogen-bond acceptors (Lipinski definition) is 11. The van der Waals surface area contributed by atoms with Gasteiger partial charge in [-0.15, -0.1) is 11.3 Å². The minimum absolute atomic E-state index is 0.00720. The van der Waals surface area contributed by atoms with Crippen LogP contribution in [0, 0.1) is 17.1 Å². The Labute approximate surface area is 293 Å². The van der Waals surface area contributed by atoms with Gasteiger partial charge in [0.2, 0.25) is 0 Å². The molecule has 3 aromatic heterocycles. The maximum atomic E-state index is 17.3. The van der Waals surface area contributed by atoms with E-state index in [9.17, 15) is 14.0 Å². The van der Waals surface area contributed by atoms with E-state index in [1.165, 1.54) is 11.3 Å². The van der Waals surface area contributed by atoms with Crippen molar-refractivity contribution in [2.24, 2.45) is 0 Å². The molecule has 2 saturated heterocycles. The lowest BCUT2D eigenvalue weighted by atomic mass is 9.94. The molecule has 0 bridgehead atoms. The molecule has 0 spiro atoms. The average molecular weight is 719 g/mol. The van der Waals surface area contributed by atoms with Gasteiger partial charge in [-0.25, -0.2) is 9.37 Å². The van der Waals surface area contributed by atoms with Crippen molar-refractivity contribution in [1.82, 2.24) is 19.9 Å². The number of nitrogen functional groups attached to an aromatic ring is 2. The summed E-state index contributed by atoms with van der Waals surface area (Å²) in [5, 5.41) is 11.0. The summed E-state index contributed by atoms with van der Waals surface area (Å²) in [7, 11) is 0. The monoisotopic (exact) mass is 718 g/mol. The lowest BCUT2D eigenvalue weighted by Gasteiger charge is -2.32. The number of aromatic nitrogens is 3. The highest BCUT2D eigenvalue weighted by atomic mass is 35.5. The summed E-state index contributed by atoms with van der Waals surface area (Å²) in [4.78, 5) is 17.6. The number of nitrogens with zero attached hydrogens (tertiary/aromatic N) is 6. The van der Waals surface area contributed by atoms with Crippen LogP contribution < -0.4 is 25.8 Å². The average Bonchev–Trinajstić information content (AvgIpc) is 3.72. The van der Waals surface area contributed by atoms with E-state index in [4.69, 9.17) is 37.5 Å². The molecule has 0 aliphatic carbocycles. The predicted octanol–water partition coefficient (Wildman–Crippen LogP) is 7.46. The molecule has 256 valence electrons. The fraction of sp³-hybridized carbons (Fsp3) is 0.314. The van der Waals surface area contributed by atoms with Gasteiger partial charge in [0.15, 0.2) is 11.6 Å². The lowest BCUT2D eigenvalue weighted by molar-refractivity contribution is 0.108. The molecule has 0 unspecified atom stereocenters. The molecule has 2 atom stereocenters. The second-order valence-electron chi connectivity index (χ2n) is 12.8. The molecule has 3 aliphatic rings. The van der Waals surface area contributed by atoms with E-state index in [1.54, 1.807) is 30.5 Å². The third-order valence-electron chi connectivity index (χ3n) is 10.1. The molecule has 5 aromatic rings. The molecule has 10 nitrogen and oxygen atoms in total. The number of thiophene rings is 1. The minimum Gasteiger partial charge on any atom is -0.489 e. The zero-order valence-electron chi connectivity index (χ0n) is 26.8. The van der Waals surface area contributed by atoms with E-state index in [0.717, 1.165) is 12.0 Å². The second kappa shape index (κ2) is 12.2. The third-order valence-corrected chi connectivity index (χ3v) is 11.5. The van der Waals surface area contributed by atoms with E-state index in [0.29, 0.717) is 51.8 Å². The van der Waals surface area contributed by atoms with Gasteiger partial charge in [-0.3, -0.25) is 4.90 Å². The summed E-state index contributed by atoms with van der Waals surface area (Å²) >= 11 is 8.31. The number of nitrogens with two attached hydrogens (primary N) is 2. The van der Waals surface area contributed by atoms with Gasteiger partial charge in [0, 0.05) is 39.5 Å². The van der Waals surface area contributed by atoms with Crippen LogP contribution in [0.15, 0.2) is 48.2 Å². The summed E-state index contributed by atoms with van der Waals surface area (Å²) in [5.41, 5.74) is 13.1. The van der Waals surface area contributed by atoms with Gasteiger partial charge in [0.05, 0.1) is 34.1 Å². The fourth-order valence-electron chi connectivity index (χ4n) is 7.71. The number of rotatable bonds is 6. The molecule has 8 rings (SSSR count). The summed E-state index contributed by atoms with van der Waals surface area (Å²) < 4.78 is 58.0. The summed E-state index contributed by atoms with van der Waals surface area (Å²) in [6.45, 7) is 3.26. The van der Waals surface area contributed by atoms with E-state index < -0.39 is 23.5 Å². The van der Waals surface area contributed by atoms with Gasteiger partial charge in [0.25, 0.3) is 6.08 Å². The lowest BCUT2D eigenvalue weighted by Crippen LogP contribution is -2.43. The highest BCUT2D eigenvalue weighted by molar-refractivity contribution is 7.23. The molecule has 0 amide bonds. The van der Waals surface area contributed by atoms with Crippen molar-refractivity contribution in [2.75, 3.05) is 49.2 Å². The van der Waals surface area contributed by atoms with Crippen LogP contribution in [0.2, 0.25) is 5.02 Å². The third kappa shape index (κ3) is 4.98. The maximum Gasteiger partial charge on any atom is 0.319 e. The van der Waals surface area contributed by atoms with Gasteiger partial charge in [-0.1, -0.05) is 29.8 Å². The van der Waals surface area contributed by atoms with Crippen molar-refractivity contribution in [3.63, 3.8) is 0 Å². The van der Waals surface area contributed by atoms with E-state index in [2.05, 4.69) is 16.0 Å². The number of benzene rings is 2. The number of nitriles is 1. The smallest absolute Gasteiger partial charge is 0.319 e. The molecule has 2 fully saturated rings. The number of ether oxygens (including phenoxy) is 2. The van der Waals surface area contributed by atoms with Gasteiger partial charge in [0.1, 0.15) is 41.4 Å². The first-order chi connectivity index (χ1) is 24.1. The van der Waals surface area contributed by atoms with Gasteiger partial charge >= 0.3 is 6.01 Å². The zero-order chi connectivity index (χ0) is 34.9. The highest BCUT2D eigenvalue weighted by Gasteiger charge is 2.48. The van der Waals surface area contributed by atoms with Crippen molar-refractivity contribution in [3.05, 3.63) is 70.1 Å². The molecular weight excluding hydrogens is 689 g/mol. The van der Waals surface area contributed by atoms with Crippen LogP contribution in [0.25, 0.3) is 32.1 Å². The molecule has 3 aliphatic heterocycles. The standard InChI is InChI=1S/C35H30ClF3N8O2S/c1-17(19-6-3-9-43-31(19)41)47-11-12-48-29-25-28(27(37)24(26(29)36)20-5-2-7-22-23(20)21(14-40)32(42)50-22)44-34(45-33(25)47)49-16-35-8-4-10-46(35)15-18(13-35)30(38)39/h2-3,5-7,9,17H,4,8,10-13,15-16,42H2,1H3,(H2,41,43)/t17-,35+/m1/s1. The topological polar surface area (TPSA) is 139 Å². The first-order valence-corrected chi connectivity index (χ1v) is 17.3. The molecule has 4 N–H and O–H groups in total. The summed E-state index contributed by atoms with van der Waals surface area (Å²) in [6.07, 6.45) is 1.60. The Balaban J connectivity index is 1.34. The molecular formula is C35H30ClF3N8O2S. The minimum atomic E-state index is -1.67. The first kappa shape index (κ1) is 32.4. The Morgan fingerprint density at radius 2 is 2.04 bits per heavy atom. The van der Waals surface area contributed by atoms with E-state index in [1.807, 2.05) is 22.8 Å². The van der Waals surface area contributed by atoms with Crippen LogP contribution in [0.5, 0.6) is 11.8 Å². The van der Waals surface area contributed by atoms with Crippen LogP contribution in [0.3, 0.4) is 0 Å². The Morgan fingerprint density at radius 3 is 2.82 bits per heavy atom. The van der Waals surface area contributed by atoms with Gasteiger partial charge in [-0.05, 0) is 50.4 Å². The van der Waals surface area contributed by atoms with Crippen molar-refractivity contribution < 1.29 is 22.6 Å². The molecule has 0 saturated carbocycles. The normalized spacial score (nSPS) is 19.4. The Kier molecular flexibility index (Phi) is 7.89. The number of anilines is 3. The van der Waals surface area contributed by atoms with Crippen LogP contribution in [-0.4, -0.2) is 58.2 Å². The van der Waals surface area contributed by atoms with Crippen LogP contribution in [0.4, 0.5) is 29.8 Å². The summed E-state index contributed by atoms with van der Waals surface area (Å²) in [5.74, 6) is 0.0399. The van der Waals surface area contributed by atoms with Crippen molar-refractivity contribution in [1.29, 1.82) is 5.26 Å². The Morgan fingerprint density at radius 1 is 1.20 bits per heavy atom. The Bertz CT molecular complexity index is 2290. The van der Waals surface area contributed by atoms with Crippen molar-refractivity contribution in [2.45, 2.75) is 37.8 Å². The summed E-state index contributed by atoms with van der Waals surface area (Å²) in [6, 6.07) is 10.5. The number of halogens is 4. The number of pyridine rings is 1. The first-order valence-electron chi connectivity index (χ1n) is 16.1. The number of hydrogen-bond donors (Lipinski definition) is 2. The predicted molar refractivity (Wildman–Crippen MR) is 187 cm³/mol. The highest BCUT2D eigenvalue weighted by Crippen LogP contribution is 2.51. The van der Waals surface area contributed by atoms with Crippen LogP contribution in [-0.2, 0) is 0 Å². The maximum absolute atomic E-state index is 17.3. The van der Waals surface area contributed by atoms with E-state index in [-0.39, 0.29) is 70.6 Å². The van der Waals surface area contributed by atoms with Crippen molar-refractivity contribution >= 4 is 60.6 Å². The number of fused-ring (bicyclic) bond motifs is 2. The Hall–Kier alpha value is -4.84. The van der Waals surface area contributed by atoms with Crippen molar-refractivity contribution in [3.8, 4) is 29.0 Å². The van der Waals surface area contributed by atoms with Gasteiger partial charge in [-0.2, -0.15) is 24.0 Å². The van der Waals surface area contributed by atoms with Gasteiger partial charge < -0.3 is 25.8 Å². The quantitative estimate of drug-likeness (QED) is 0.182. The SMILES string of the molecule is C[C@H](c1cccnc1N)N1CCOc2c(Cl)c(-c3cccc4sc(N)c(C#N)c34)c(F)c3nc(OC[C@@]45CCCN4CC(=C(F)F)C5)nc1c23. The second-order valence-corrected chi connectivity index (χ2v) is 14.3. The molecule has 2 aromatic carbocycles. The van der Waals surface area contributed by atoms with Crippen LogP contribution >= 0.6 is 22.9 Å².